The van der Waals surface area contributed by atoms with Gasteiger partial charge in [0.15, 0.2) is 0 Å². The van der Waals surface area contributed by atoms with Gasteiger partial charge < -0.3 is 19.9 Å². The Morgan fingerprint density at radius 3 is 2.74 bits per heavy atom. The molecular weight excluding hydrogens is 438 g/mol. The van der Waals surface area contributed by atoms with Crippen molar-refractivity contribution in [2.24, 2.45) is 0 Å². The number of ether oxygens (including phenoxy) is 1. The molecule has 0 amide bonds. The second-order valence-corrected chi connectivity index (χ2v) is 8.75. The highest BCUT2D eigenvalue weighted by atomic mass is 16.5. The van der Waals surface area contributed by atoms with Crippen LogP contribution in [0.2, 0.25) is 0 Å². The molecule has 0 saturated heterocycles. The van der Waals surface area contributed by atoms with Crippen LogP contribution in [0.3, 0.4) is 0 Å². The monoisotopic (exact) mass is 465 g/mol. The molecule has 2 N–H and O–H groups in total. The SMILES string of the molecule is CCOC(=O)C1(c2nc(N[C@H]3CC[C@H](Nc4ccc(-n5ncccc5=O)cn4)C3)no2)CCC1. The first-order valence-corrected chi connectivity index (χ1v) is 11.6. The second kappa shape index (κ2) is 9.24. The van der Waals surface area contributed by atoms with Crippen LogP contribution >= 0.6 is 0 Å². The van der Waals surface area contributed by atoms with E-state index < -0.39 is 5.41 Å². The summed E-state index contributed by atoms with van der Waals surface area (Å²) < 4.78 is 12.0. The zero-order chi connectivity index (χ0) is 23.5. The van der Waals surface area contributed by atoms with Crippen LogP contribution in [-0.2, 0) is 14.9 Å². The lowest BCUT2D eigenvalue weighted by Gasteiger charge is -2.35. The van der Waals surface area contributed by atoms with Gasteiger partial charge in [0, 0.05) is 24.3 Å². The van der Waals surface area contributed by atoms with Crippen LogP contribution in [0.25, 0.3) is 5.69 Å². The summed E-state index contributed by atoms with van der Waals surface area (Å²) in [6.07, 6.45) is 8.22. The number of hydrogen-bond acceptors (Lipinski definition) is 10. The number of rotatable bonds is 8. The van der Waals surface area contributed by atoms with Gasteiger partial charge in [-0.15, -0.1) is 0 Å². The molecule has 3 aromatic rings. The molecule has 11 nitrogen and oxygen atoms in total. The van der Waals surface area contributed by atoms with Gasteiger partial charge in [0.25, 0.3) is 11.5 Å². The fourth-order valence-electron chi connectivity index (χ4n) is 4.57. The van der Waals surface area contributed by atoms with Gasteiger partial charge in [-0.2, -0.15) is 14.8 Å². The standard InChI is InChI=1S/C23H27N7O4/c1-2-33-21(32)23(10-4-11-23)20-28-22(29-34-20)27-16-7-6-15(13-16)26-18-9-8-17(14-24-18)30-19(31)5-3-12-25-30/h3,5,8-9,12,14-16H,2,4,6-7,10-11,13H2,1H3,(H,24,26)(H,27,29)/t15-,16-/m0/s1. The summed E-state index contributed by atoms with van der Waals surface area (Å²) in [5.74, 6) is 1.19. The van der Waals surface area contributed by atoms with Crippen LogP contribution in [0.5, 0.6) is 0 Å². The number of nitrogens with one attached hydrogen (secondary N) is 2. The molecule has 3 aromatic heterocycles. The van der Waals surface area contributed by atoms with Crippen molar-refractivity contribution in [3.63, 3.8) is 0 Å². The minimum atomic E-state index is -0.791. The molecule has 0 spiro atoms. The van der Waals surface area contributed by atoms with Crippen molar-refractivity contribution in [3.8, 4) is 5.69 Å². The van der Waals surface area contributed by atoms with Gasteiger partial charge in [-0.05, 0) is 62.4 Å². The summed E-state index contributed by atoms with van der Waals surface area (Å²) in [5, 5.41) is 14.9. The number of hydrogen-bond donors (Lipinski definition) is 2. The number of carbonyl (C=O) groups excluding carboxylic acids is 1. The molecule has 0 bridgehead atoms. The Morgan fingerprint density at radius 2 is 2.06 bits per heavy atom. The van der Waals surface area contributed by atoms with Crippen LogP contribution in [0.4, 0.5) is 11.8 Å². The molecule has 0 aliphatic heterocycles. The van der Waals surface area contributed by atoms with Gasteiger partial charge in [-0.3, -0.25) is 9.59 Å². The Kier molecular flexibility index (Phi) is 5.99. The highest BCUT2D eigenvalue weighted by Gasteiger charge is 2.52. The number of pyridine rings is 1. The molecule has 5 rings (SSSR count). The molecule has 2 fully saturated rings. The first kappa shape index (κ1) is 22.1. The lowest BCUT2D eigenvalue weighted by atomic mass is 9.68. The highest BCUT2D eigenvalue weighted by Crippen LogP contribution is 2.44. The number of esters is 1. The molecule has 2 atom stereocenters. The quantitative estimate of drug-likeness (QED) is 0.477. The van der Waals surface area contributed by atoms with Crippen molar-refractivity contribution < 1.29 is 14.1 Å². The maximum absolute atomic E-state index is 12.4. The maximum atomic E-state index is 12.4. The Morgan fingerprint density at radius 1 is 1.24 bits per heavy atom. The van der Waals surface area contributed by atoms with E-state index in [1.54, 1.807) is 25.4 Å². The average molecular weight is 466 g/mol. The van der Waals surface area contributed by atoms with Crippen molar-refractivity contribution in [1.82, 2.24) is 24.9 Å². The van der Waals surface area contributed by atoms with Crippen LogP contribution < -0.4 is 16.2 Å². The summed E-state index contributed by atoms with van der Waals surface area (Å²) in [4.78, 5) is 33.3. The van der Waals surface area contributed by atoms with Crippen molar-refractivity contribution in [2.45, 2.75) is 62.9 Å². The largest absolute Gasteiger partial charge is 0.465 e. The Labute approximate surface area is 195 Å². The van der Waals surface area contributed by atoms with E-state index in [0.717, 1.165) is 31.5 Å². The fourth-order valence-corrected chi connectivity index (χ4v) is 4.57. The average Bonchev–Trinajstić information content (AvgIpc) is 3.44. The van der Waals surface area contributed by atoms with Crippen LogP contribution in [0.15, 0.2) is 46.0 Å². The molecular formula is C23H27N7O4. The summed E-state index contributed by atoms with van der Waals surface area (Å²) in [7, 11) is 0. The smallest absolute Gasteiger partial charge is 0.321 e. The lowest BCUT2D eigenvalue weighted by molar-refractivity contribution is -0.155. The van der Waals surface area contributed by atoms with Crippen molar-refractivity contribution in [3.05, 3.63) is 52.9 Å². The Bertz CT molecular complexity index is 1200. The number of anilines is 2. The van der Waals surface area contributed by atoms with Crippen LogP contribution in [-0.4, -0.2) is 49.6 Å². The number of nitrogens with zero attached hydrogens (tertiary/aromatic N) is 5. The lowest BCUT2D eigenvalue weighted by Crippen LogP contribution is -2.44. The highest BCUT2D eigenvalue weighted by molar-refractivity contribution is 5.83. The maximum Gasteiger partial charge on any atom is 0.321 e. The molecule has 0 aromatic carbocycles. The van der Waals surface area contributed by atoms with E-state index in [2.05, 4.69) is 30.9 Å². The van der Waals surface area contributed by atoms with E-state index in [1.807, 2.05) is 12.1 Å². The zero-order valence-electron chi connectivity index (χ0n) is 18.9. The third-order valence-corrected chi connectivity index (χ3v) is 6.53. The minimum absolute atomic E-state index is 0.175. The minimum Gasteiger partial charge on any atom is -0.465 e. The van der Waals surface area contributed by atoms with E-state index in [0.29, 0.717) is 37.0 Å². The van der Waals surface area contributed by atoms with Gasteiger partial charge >= 0.3 is 5.97 Å². The molecule has 2 aliphatic rings. The Hall–Kier alpha value is -3.76. The second-order valence-electron chi connectivity index (χ2n) is 8.75. The van der Waals surface area contributed by atoms with Crippen molar-refractivity contribution in [2.75, 3.05) is 17.2 Å². The molecule has 2 aliphatic carbocycles. The summed E-state index contributed by atoms with van der Waals surface area (Å²) in [6, 6.07) is 7.13. The van der Waals surface area contributed by atoms with E-state index in [-0.39, 0.29) is 23.6 Å². The number of carbonyl (C=O) groups is 1. The van der Waals surface area contributed by atoms with Crippen LogP contribution in [0.1, 0.15) is 51.3 Å². The Balaban J connectivity index is 1.17. The topological polar surface area (TPSA) is 137 Å². The summed E-state index contributed by atoms with van der Waals surface area (Å²) in [5.41, 5.74) is -0.382. The molecule has 178 valence electrons. The van der Waals surface area contributed by atoms with Gasteiger partial charge in [0.2, 0.25) is 5.89 Å². The first-order chi connectivity index (χ1) is 16.6. The molecule has 0 radical (unpaired) electrons. The van der Waals surface area contributed by atoms with Gasteiger partial charge in [-0.1, -0.05) is 6.42 Å². The van der Waals surface area contributed by atoms with E-state index in [1.165, 1.54) is 10.7 Å². The third-order valence-electron chi connectivity index (χ3n) is 6.53. The number of aromatic nitrogens is 5. The summed E-state index contributed by atoms with van der Waals surface area (Å²) >= 11 is 0. The normalized spacial score (nSPS) is 21.0. The fraction of sp³-hybridized carbons (Fsp3) is 0.478. The van der Waals surface area contributed by atoms with Crippen LogP contribution in [0, 0.1) is 0 Å². The molecule has 0 unspecified atom stereocenters. The van der Waals surface area contributed by atoms with E-state index in [4.69, 9.17) is 9.26 Å². The zero-order valence-corrected chi connectivity index (χ0v) is 18.9. The summed E-state index contributed by atoms with van der Waals surface area (Å²) in [6.45, 7) is 2.12. The van der Waals surface area contributed by atoms with Gasteiger partial charge in [0.05, 0.1) is 18.5 Å². The molecule has 11 heteroatoms. The van der Waals surface area contributed by atoms with Gasteiger partial charge in [0.1, 0.15) is 11.2 Å². The van der Waals surface area contributed by atoms with Crippen molar-refractivity contribution >= 4 is 17.7 Å². The third kappa shape index (κ3) is 4.25. The molecule has 3 heterocycles. The van der Waals surface area contributed by atoms with E-state index >= 15 is 0 Å². The molecule has 34 heavy (non-hydrogen) atoms. The molecule has 2 saturated carbocycles. The van der Waals surface area contributed by atoms with E-state index in [9.17, 15) is 9.59 Å². The predicted molar refractivity (Wildman–Crippen MR) is 123 cm³/mol. The van der Waals surface area contributed by atoms with Gasteiger partial charge in [-0.25, -0.2) is 4.98 Å². The first-order valence-electron chi connectivity index (χ1n) is 11.6. The van der Waals surface area contributed by atoms with Crippen molar-refractivity contribution in [1.29, 1.82) is 0 Å². The predicted octanol–water partition coefficient (Wildman–Crippen LogP) is 2.44.